The Hall–Kier alpha value is -2.16. The van der Waals surface area contributed by atoms with E-state index in [9.17, 15) is 15.2 Å². The van der Waals surface area contributed by atoms with E-state index in [4.69, 9.17) is 0 Å². The van der Waals surface area contributed by atoms with Crippen molar-refractivity contribution in [2.45, 2.75) is 43.7 Å². The average molecular weight is 340 g/mol. The van der Waals surface area contributed by atoms with Crippen LogP contribution in [0.1, 0.15) is 53.1 Å². The highest BCUT2D eigenvalue weighted by Gasteiger charge is 2.44. The Balaban J connectivity index is 1.57. The van der Waals surface area contributed by atoms with Gasteiger partial charge in [0.15, 0.2) is 0 Å². The third-order valence-electron chi connectivity index (χ3n) is 4.49. The van der Waals surface area contributed by atoms with Gasteiger partial charge in [-0.25, -0.2) is 0 Å². The predicted molar refractivity (Wildman–Crippen MR) is 93.8 cm³/mol. The third kappa shape index (κ3) is 3.50. The van der Waals surface area contributed by atoms with Crippen molar-refractivity contribution in [3.05, 3.63) is 57.8 Å². The molecule has 1 saturated carbocycles. The molecule has 2 atom stereocenters. The lowest BCUT2D eigenvalue weighted by Crippen LogP contribution is -2.33. The van der Waals surface area contributed by atoms with Gasteiger partial charge in [-0.2, -0.15) is 5.26 Å². The average Bonchev–Trinajstić information content (AvgIpc) is 3.19. The first-order chi connectivity index (χ1) is 11.5. The predicted octanol–water partition coefficient (Wildman–Crippen LogP) is 3.55. The number of aliphatic hydroxyl groups excluding tert-OH is 1. The lowest BCUT2D eigenvalue weighted by Gasteiger charge is -2.17. The van der Waals surface area contributed by atoms with Gasteiger partial charge in [0.25, 0.3) is 5.91 Å². The number of carbonyl (C=O) groups excluding carboxylic acids is 1. The highest BCUT2D eigenvalue weighted by Crippen LogP contribution is 2.47. The van der Waals surface area contributed by atoms with Crippen molar-refractivity contribution in [1.29, 1.82) is 5.26 Å². The number of benzene rings is 1. The zero-order valence-electron chi connectivity index (χ0n) is 13.5. The normalized spacial score (nSPS) is 17.5. The van der Waals surface area contributed by atoms with Crippen LogP contribution < -0.4 is 5.32 Å². The van der Waals surface area contributed by atoms with Crippen LogP contribution >= 0.6 is 11.3 Å². The highest BCUT2D eigenvalue weighted by atomic mass is 32.1. The number of carbonyl (C=O) groups is 1. The molecular formula is C19H20N2O2S. The van der Waals surface area contributed by atoms with Crippen molar-refractivity contribution in [3.63, 3.8) is 0 Å². The van der Waals surface area contributed by atoms with Crippen LogP contribution in [0.5, 0.6) is 0 Å². The molecule has 1 aliphatic carbocycles. The quantitative estimate of drug-likeness (QED) is 0.844. The van der Waals surface area contributed by atoms with Crippen LogP contribution in [-0.2, 0) is 5.41 Å². The van der Waals surface area contributed by atoms with Crippen molar-refractivity contribution in [3.8, 4) is 6.07 Å². The molecule has 124 valence electrons. The summed E-state index contributed by atoms with van der Waals surface area (Å²) in [6.45, 7) is 1.89. The first kappa shape index (κ1) is 16.7. The Kier molecular flexibility index (Phi) is 4.70. The van der Waals surface area contributed by atoms with Crippen LogP contribution in [0.3, 0.4) is 0 Å². The lowest BCUT2D eigenvalue weighted by molar-refractivity contribution is 0.0918. The van der Waals surface area contributed by atoms with E-state index in [0.717, 1.165) is 23.3 Å². The van der Waals surface area contributed by atoms with E-state index in [-0.39, 0.29) is 17.4 Å². The van der Waals surface area contributed by atoms with Crippen LogP contribution in [0.15, 0.2) is 41.8 Å². The highest BCUT2D eigenvalue weighted by molar-refractivity contribution is 7.10. The summed E-state index contributed by atoms with van der Waals surface area (Å²) in [6.07, 6.45) is 1.70. The second-order valence-electron chi connectivity index (χ2n) is 6.41. The Morgan fingerprint density at radius 3 is 2.62 bits per heavy atom. The minimum Gasteiger partial charge on any atom is -0.387 e. The van der Waals surface area contributed by atoms with Crippen molar-refractivity contribution in [1.82, 2.24) is 5.32 Å². The SMILES string of the molecule is CC(CC(O)c1cccs1)NC(=O)c1ccc(C2(C#N)CC2)cc1. The zero-order valence-corrected chi connectivity index (χ0v) is 14.3. The van der Waals surface area contributed by atoms with Crippen LogP contribution in [0.25, 0.3) is 0 Å². The van der Waals surface area contributed by atoms with Gasteiger partial charge in [-0.3, -0.25) is 4.79 Å². The number of hydrogen-bond donors (Lipinski definition) is 2. The summed E-state index contributed by atoms with van der Waals surface area (Å²) >= 11 is 1.51. The fraction of sp³-hybridized carbons (Fsp3) is 0.368. The van der Waals surface area contributed by atoms with Gasteiger partial charge in [0.05, 0.1) is 17.6 Å². The second-order valence-corrected chi connectivity index (χ2v) is 7.39. The molecule has 0 bridgehead atoms. The molecule has 1 heterocycles. The van der Waals surface area contributed by atoms with Crippen LogP contribution in [0, 0.1) is 11.3 Å². The Morgan fingerprint density at radius 1 is 1.38 bits per heavy atom. The number of nitrogens with zero attached hydrogens (tertiary/aromatic N) is 1. The van der Waals surface area contributed by atoms with Crippen molar-refractivity contribution in [2.75, 3.05) is 0 Å². The first-order valence-corrected chi connectivity index (χ1v) is 8.96. The van der Waals surface area contributed by atoms with Gasteiger partial charge in [0, 0.05) is 16.5 Å². The molecule has 1 fully saturated rings. The molecule has 3 rings (SSSR count). The lowest BCUT2D eigenvalue weighted by atomic mass is 9.96. The Bertz CT molecular complexity index is 743. The van der Waals surface area contributed by atoms with E-state index < -0.39 is 6.10 Å². The summed E-state index contributed by atoms with van der Waals surface area (Å²) in [5, 5.41) is 24.2. The Labute approximate surface area is 145 Å². The second kappa shape index (κ2) is 6.76. The molecule has 1 aromatic heterocycles. The van der Waals surface area contributed by atoms with E-state index in [1.807, 2.05) is 36.6 Å². The van der Waals surface area contributed by atoms with Gasteiger partial charge < -0.3 is 10.4 Å². The number of thiophene rings is 1. The maximum absolute atomic E-state index is 12.3. The molecular weight excluding hydrogens is 320 g/mol. The Morgan fingerprint density at radius 2 is 2.08 bits per heavy atom. The number of nitrogens with one attached hydrogen (secondary N) is 1. The monoisotopic (exact) mass is 340 g/mol. The molecule has 24 heavy (non-hydrogen) atoms. The van der Waals surface area contributed by atoms with Gasteiger partial charge in [-0.15, -0.1) is 11.3 Å². The molecule has 2 N–H and O–H groups in total. The van der Waals surface area contributed by atoms with Crippen LogP contribution in [0.4, 0.5) is 0 Å². The van der Waals surface area contributed by atoms with E-state index in [1.54, 1.807) is 12.1 Å². The number of hydrogen-bond acceptors (Lipinski definition) is 4. The number of rotatable bonds is 6. The summed E-state index contributed by atoms with van der Waals surface area (Å²) in [4.78, 5) is 13.2. The van der Waals surface area contributed by atoms with Crippen LogP contribution in [-0.4, -0.2) is 17.1 Å². The molecule has 0 saturated heterocycles. The molecule has 2 aromatic rings. The minimum absolute atomic E-state index is 0.136. The van der Waals surface area contributed by atoms with Crippen molar-refractivity contribution in [2.24, 2.45) is 0 Å². The molecule has 2 unspecified atom stereocenters. The largest absolute Gasteiger partial charge is 0.387 e. The summed E-state index contributed by atoms with van der Waals surface area (Å²) in [7, 11) is 0. The summed E-state index contributed by atoms with van der Waals surface area (Å²) in [6, 6.07) is 13.3. The molecule has 5 heteroatoms. The zero-order chi connectivity index (χ0) is 17.2. The van der Waals surface area contributed by atoms with Gasteiger partial charge in [0.2, 0.25) is 0 Å². The van der Waals surface area contributed by atoms with Crippen LogP contribution in [0.2, 0.25) is 0 Å². The maximum atomic E-state index is 12.3. The van der Waals surface area contributed by atoms with Gasteiger partial charge >= 0.3 is 0 Å². The third-order valence-corrected chi connectivity index (χ3v) is 5.46. The van der Waals surface area contributed by atoms with E-state index in [1.165, 1.54) is 11.3 Å². The molecule has 0 spiro atoms. The molecule has 0 radical (unpaired) electrons. The fourth-order valence-corrected chi connectivity index (χ4v) is 3.55. The van der Waals surface area contributed by atoms with Crippen molar-refractivity contribution >= 4 is 17.2 Å². The first-order valence-electron chi connectivity index (χ1n) is 8.08. The maximum Gasteiger partial charge on any atom is 0.251 e. The smallest absolute Gasteiger partial charge is 0.251 e. The van der Waals surface area contributed by atoms with E-state index in [0.29, 0.717) is 12.0 Å². The number of nitriles is 1. The number of amides is 1. The summed E-state index contributed by atoms with van der Waals surface area (Å²) in [5.74, 6) is -0.158. The standard InChI is InChI=1S/C19H20N2O2S/c1-13(11-16(22)17-3-2-10-24-17)21-18(23)14-4-6-15(7-5-14)19(12-20)8-9-19/h2-7,10,13,16,22H,8-9,11H2,1H3,(H,21,23). The summed E-state index contributed by atoms with van der Waals surface area (Å²) < 4.78 is 0. The molecule has 0 aliphatic heterocycles. The molecule has 1 aliphatic rings. The molecule has 1 aromatic carbocycles. The van der Waals surface area contributed by atoms with Crippen molar-refractivity contribution < 1.29 is 9.90 Å². The van der Waals surface area contributed by atoms with E-state index in [2.05, 4.69) is 11.4 Å². The van der Waals surface area contributed by atoms with Gasteiger partial charge in [-0.1, -0.05) is 18.2 Å². The van der Waals surface area contributed by atoms with Gasteiger partial charge in [-0.05, 0) is 55.3 Å². The van der Waals surface area contributed by atoms with E-state index >= 15 is 0 Å². The minimum atomic E-state index is -0.562. The topological polar surface area (TPSA) is 73.1 Å². The summed E-state index contributed by atoms with van der Waals surface area (Å²) in [5.41, 5.74) is 1.24. The van der Waals surface area contributed by atoms with Gasteiger partial charge in [0.1, 0.15) is 0 Å². The molecule has 4 nitrogen and oxygen atoms in total. The number of aliphatic hydroxyl groups is 1. The fourth-order valence-electron chi connectivity index (χ4n) is 2.83. The molecule has 1 amide bonds.